The molecule has 2 saturated heterocycles. The molecule has 1 aromatic rings. The van der Waals surface area contributed by atoms with Gasteiger partial charge in [0.15, 0.2) is 11.6 Å². The van der Waals surface area contributed by atoms with Gasteiger partial charge in [-0.15, -0.1) is 0 Å². The Hall–Kier alpha value is -2.31. The topological polar surface area (TPSA) is 59.1 Å². The van der Waals surface area contributed by atoms with Crippen LogP contribution in [0.1, 0.15) is 16.8 Å². The molecule has 2 amide bonds. The third kappa shape index (κ3) is 2.58. The highest BCUT2D eigenvalue weighted by molar-refractivity contribution is 5.94. The number of likely N-dealkylation sites (tertiary alicyclic amines) is 1. The highest BCUT2D eigenvalue weighted by atomic mass is 19.1. The summed E-state index contributed by atoms with van der Waals surface area (Å²) in [6.07, 6.45) is 0.384. The van der Waals surface area contributed by atoms with Crippen molar-refractivity contribution in [1.82, 2.24) is 9.80 Å². The van der Waals surface area contributed by atoms with E-state index < -0.39 is 5.82 Å². The smallest absolute Gasteiger partial charge is 0.410 e. The molecule has 6 nitrogen and oxygen atoms in total. The SMILES string of the molecule is COc1ccc(C(=O)N2CCC(N3CCOC3=O)C2)cc1F. The fourth-order valence-corrected chi connectivity index (χ4v) is 2.90. The van der Waals surface area contributed by atoms with Crippen molar-refractivity contribution in [3.8, 4) is 5.75 Å². The van der Waals surface area contributed by atoms with Crippen LogP contribution >= 0.6 is 0 Å². The fourth-order valence-electron chi connectivity index (χ4n) is 2.90. The van der Waals surface area contributed by atoms with Crippen molar-refractivity contribution in [1.29, 1.82) is 0 Å². The highest BCUT2D eigenvalue weighted by Crippen LogP contribution is 2.23. The van der Waals surface area contributed by atoms with Crippen LogP contribution in [0.4, 0.5) is 9.18 Å². The molecule has 22 heavy (non-hydrogen) atoms. The molecule has 2 fully saturated rings. The zero-order chi connectivity index (χ0) is 15.7. The molecule has 1 unspecified atom stereocenters. The number of hydrogen-bond donors (Lipinski definition) is 0. The lowest BCUT2D eigenvalue weighted by Crippen LogP contribution is -2.39. The van der Waals surface area contributed by atoms with Gasteiger partial charge in [-0.25, -0.2) is 9.18 Å². The first-order chi connectivity index (χ1) is 10.6. The molecule has 3 rings (SSSR count). The van der Waals surface area contributed by atoms with E-state index in [1.54, 1.807) is 15.9 Å². The number of methoxy groups -OCH3 is 1. The molecule has 2 heterocycles. The molecule has 0 bridgehead atoms. The summed E-state index contributed by atoms with van der Waals surface area (Å²) in [5.41, 5.74) is 0.281. The van der Waals surface area contributed by atoms with E-state index in [1.165, 1.54) is 19.2 Å². The molecule has 0 N–H and O–H groups in total. The van der Waals surface area contributed by atoms with Gasteiger partial charge < -0.3 is 14.4 Å². The van der Waals surface area contributed by atoms with Crippen LogP contribution in [-0.2, 0) is 4.74 Å². The summed E-state index contributed by atoms with van der Waals surface area (Å²) in [5, 5.41) is 0. The number of ether oxygens (including phenoxy) is 2. The van der Waals surface area contributed by atoms with Crippen LogP contribution in [0.15, 0.2) is 18.2 Å². The lowest BCUT2D eigenvalue weighted by atomic mass is 10.2. The van der Waals surface area contributed by atoms with Crippen LogP contribution in [0.5, 0.6) is 5.75 Å². The number of carbonyl (C=O) groups is 2. The molecule has 0 spiro atoms. The molecule has 2 aliphatic rings. The first kappa shape index (κ1) is 14.6. The summed E-state index contributed by atoms with van der Waals surface area (Å²) in [7, 11) is 1.38. The molecule has 118 valence electrons. The number of cyclic esters (lactones) is 1. The second-order valence-electron chi connectivity index (χ2n) is 5.35. The monoisotopic (exact) mass is 308 g/mol. The molecule has 0 saturated carbocycles. The minimum atomic E-state index is -0.563. The Morgan fingerprint density at radius 3 is 2.86 bits per heavy atom. The molecule has 7 heteroatoms. The Labute approximate surface area is 127 Å². The number of carbonyl (C=O) groups excluding carboxylic acids is 2. The molecular weight excluding hydrogens is 291 g/mol. The predicted molar refractivity (Wildman–Crippen MR) is 75.3 cm³/mol. The molecule has 2 aliphatic heterocycles. The van der Waals surface area contributed by atoms with Crippen LogP contribution in [0, 0.1) is 5.82 Å². The van der Waals surface area contributed by atoms with Crippen LogP contribution in [0.25, 0.3) is 0 Å². The molecular formula is C15H17FN2O4. The number of amides is 2. The summed E-state index contributed by atoms with van der Waals surface area (Å²) < 4.78 is 23.5. The number of hydrogen-bond acceptors (Lipinski definition) is 4. The predicted octanol–water partition coefficient (Wildman–Crippen LogP) is 1.50. The maximum atomic E-state index is 13.7. The van der Waals surface area contributed by atoms with Gasteiger partial charge in [-0.05, 0) is 24.6 Å². The Bertz CT molecular complexity index is 607. The number of nitrogens with zero attached hydrogens (tertiary/aromatic N) is 2. The van der Waals surface area contributed by atoms with Gasteiger partial charge in [0.05, 0.1) is 19.7 Å². The number of rotatable bonds is 3. The van der Waals surface area contributed by atoms with Gasteiger partial charge in [0.2, 0.25) is 0 Å². The highest BCUT2D eigenvalue weighted by Gasteiger charge is 2.36. The third-order valence-electron chi connectivity index (χ3n) is 4.08. The summed E-state index contributed by atoms with van der Waals surface area (Å²) >= 11 is 0. The minimum Gasteiger partial charge on any atom is -0.494 e. The van der Waals surface area contributed by atoms with Crippen molar-refractivity contribution in [2.75, 3.05) is 33.4 Å². The van der Waals surface area contributed by atoms with Gasteiger partial charge in [-0.2, -0.15) is 0 Å². The van der Waals surface area contributed by atoms with Crippen molar-refractivity contribution in [2.45, 2.75) is 12.5 Å². The number of benzene rings is 1. The van der Waals surface area contributed by atoms with Crippen molar-refractivity contribution >= 4 is 12.0 Å². The molecule has 0 radical (unpaired) electrons. The largest absolute Gasteiger partial charge is 0.494 e. The van der Waals surface area contributed by atoms with Gasteiger partial charge in [0.1, 0.15) is 6.61 Å². The lowest BCUT2D eigenvalue weighted by molar-refractivity contribution is 0.0779. The summed E-state index contributed by atoms with van der Waals surface area (Å²) in [4.78, 5) is 27.3. The zero-order valence-corrected chi connectivity index (χ0v) is 12.3. The van der Waals surface area contributed by atoms with Crippen LogP contribution < -0.4 is 4.74 Å². The second-order valence-corrected chi connectivity index (χ2v) is 5.35. The van der Waals surface area contributed by atoms with E-state index in [0.717, 1.165) is 0 Å². The molecule has 0 aromatic heterocycles. The summed E-state index contributed by atoms with van der Waals surface area (Å²) in [5.74, 6) is -0.695. The maximum Gasteiger partial charge on any atom is 0.410 e. The number of halogens is 1. The van der Waals surface area contributed by atoms with Gasteiger partial charge in [0.25, 0.3) is 5.91 Å². The molecule has 1 aromatic carbocycles. The van der Waals surface area contributed by atoms with E-state index in [9.17, 15) is 14.0 Å². The molecule has 1 atom stereocenters. The van der Waals surface area contributed by atoms with Crippen LogP contribution in [-0.4, -0.2) is 61.2 Å². The Balaban J connectivity index is 1.68. The van der Waals surface area contributed by atoms with E-state index >= 15 is 0 Å². The van der Waals surface area contributed by atoms with E-state index in [0.29, 0.717) is 32.7 Å². The molecule has 0 aliphatic carbocycles. The fraction of sp³-hybridized carbons (Fsp3) is 0.467. The normalized spacial score (nSPS) is 21.2. The summed E-state index contributed by atoms with van der Waals surface area (Å²) in [6, 6.07) is 4.14. The van der Waals surface area contributed by atoms with Gasteiger partial charge >= 0.3 is 6.09 Å². The quantitative estimate of drug-likeness (QED) is 0.849. The first-order valence-corrected chi connectivity index (χ1v) is 7.16. The van der Waals surface area contributed by atoms with E-state index in [1.807, 2.05) is 0 Å². The Kier molecular flexibility index (Phi) is 3.87. The third-order valence-corrected chi connectivity index (χ3v) is 4.08. The van der Waals surface area contributed by atoms with Crippen LogP contribution in [0.3, 0.4) is 0 Å². The second kappa shape index (κ2) is 5.82. The lowest BCUT2D eigenvalue weighted by Gasteiger charge is -2.22. The summed E-state index contributed by atoms with van der Waals surface area (Å²) in [6.45, 7) is 1.94. The Morgan fingerprint density at radius 2 is 2.23 bits per heavy atom. The van der Waals surface area contributed by atoms with E-state index in [4.69, 9.17) is 9.47 Å². The van der Waals surface area contributed by atoms with Crippen molar-refractivity contribution in [2.24, 2.45) is 0 Å². The van der Waals surface area contributed by atoms with Crippen molar-refractivity contribution in [3.63, 3.8) is 0 Å². The van der Waals surface area contributed by atoms with Crippen molar-refractivity contribution < 1.29 is 23.5 Å². The van der Waals surface area contributed by atoms with Gasteiger partial charge in [0, 0.05) is 18.7 Å². The van der Waals surface area contributed by atoms with Gasteiger partial charge in [-0.3, -0.25) is 9.69 Å². The van der Waals surface area contributed by atoms with Crippen molar-refractivity contribution in [3.05, 3.63) is 29.6 Å². The minimum absolute atomic E-state index is 0.0259. The average Bonchev–Trinajstić information content (AvgIpc) is 3.15. The average molecular weight is 308 g/mol. The van der Waals surface area contributed by atoms with E-state index in [2.05, 4.69) is 0 Å². The maximum absolute atomic E-state index is 13.7. The van der Waals surface area contributed by atoms with E-state index in [-0.39, 0.29) is 29.4 Å². The first-order valence-electron chi connectivity index (χ1n) is 7.16. The Morgan fingerprint density at radius 1 is 1.41 bits per heavy atom. The van der Waals surface area contributed by atoms with Gasteiger partial charge in [-0.1, -0.05) is 0 Å². The zero-order valence-electron chi connectivity index (χ0n) is 12.3. The van der Waals surface area contributed by atoms with Crippen LogP contribution in [0.2, 0.25) is 0 Å². The standard InChI is InChI=1S/C15H17FN2O4/c1-21-13-3-2-10(8-12(13)16)14(19)17-5-4-11(9-17)18-6-7-22-15(18)20/h2-3,8,11H,4-7,9H2,1H3.